The van der Waals surface area contributed by atoms with E-state index in [2.05, 4.69) is 10.3 Å². The summed E-state index contributed by atoms with van der Waals surface area (Å²) in [6.07, 6.45) is 1.14. The van der Waals surface area contributed by atoms with Gasteiger partial charge in [0, 0.05) is 18.8 Å². The first-order valence-corrected chi connectivity index (χ1v) is 8.61. The minimum Gasteiger partial charge on any atom is -0.392 e. The summed E-state index contributed by atoms with van der Waals surface area (Å²) in [6.45, 7) is 7.86. The molecular weight excluding hydrogens is 314 g/mol. The second-order valence-electron chi connectivity index (χ2n) is 6.65. The summed E-state index contributed by atoms with van der Waals surface area (Å²) in [5.41, 5.74) is 2.88. The number of aromatic nitrogens is 1. The Hall–Kier alpha value is -2.40. The van der Waals surface area contributed by atoms with Gasteiger partial charge in [0.05, 0.1) is 17.8 Å². The van der Waals surface area contributed by atoms with Gasteiger partial charge in [-0.3, -0.25) is 4.98 Å². The summed E-state index contributed by atoms with van der Waals surface area (Å²) in [5, 5.41) is 12.8. The molecule has 0 saturated carbocycles. The van der Waals surface area contributed by atoms with Crippen LogP contribution in [0.2, 0.25) is 0 Å². The number of pyridine rings is 1. The van der Waals surface area contributed by atoms with Gasteiger partial charge in [-0.05, 0) is 45.4 Å². The quantitative estimate of drug-likeness (QED) is 0.847. The van der Waals surface area contributed by atoms with E-state index in [4.69, 9.17) is 0 Å². The minimum atomic E-state index is -0.583. The molecule has 0 bridgehead atoms. The maximum atomic E-state index is 12.8. The molecule has 0 saturated heterocycles. The van der Waals surface area contributed by atoms with Gasteiger partial charge >= 0.3 is 6.03 Å². The molecule has 2 amide bonds. The number of hydrogen-bond donors (Lipinski definition) is 2. The van der Waals surface area contributed by atoms with Gasteiger partial charge in [-0.15, -0.1) is 0 Å². The number of nitrogens with zero attached hydrogens (tertiary/aromatic N) is 2. The maximum absolute atomic E-state index is 12.8. The first-order chi connectivity index (χ1) is 11.9. The SMILES string of the molecule is Cc1cccc(C(NC(=O)N(CC(C)O)C(C)C)c2ccccn2)c1. The lowest BCUT2D eigenvalue weighted by Crippen LogP contribution is -2.48. The molecule has 2 aromatic rings. The monoisotopic (exact) mass is 341 g/mol. The zero-order valence-electron chi connectivity index (χ0n) is 15.3. The molecule has 2 atom stereocenters. The highest BCUT2D eigenvalue weighted by Crippen LogP contribution is 2.22. The van der Waals surface area contributed by atoms with Crippen molar-refractivity contribution in [1.29, 1.82) is 0 Å². The molecule has 25 heavy (non-hydrogen) atoms. The zero-order chi connectivity index (χ0) is 18.4. The highest BCUT2D eigenvalue weighted by atomic mass is 16.3. The van der Waals surface area contributed by atoms with E-state index in [-0.39, 0.29) is 24.7 Å². The Kier molecular flexibility index (Phi) is 6.53. The number of aliphatic hydroxyl groups excluding tert-OH is 1. The molecule has 1 aromatic heterocycles. The molecule has 0 spiro atoms. The van der Waals surface area contributed by atoms with Crippen LogP contribution in [0.25, 0.3) is 0 Å². The average Bonchev–Trinajstić information content (AvgIpc) is 2.57. The van der Waals surface area contributed by atoms with Gasteiger partial charge in [-0.25, -0.2) is 4.79 Å². The number of aryl methyl sites for hydroxylation is 1. The molecule has 1 aromatic carbocycles. The van der Waals surface area contributed by atoms with Crippen LogP contribution in [0.5, 0.6) is 0 Å². The van der Waals surface area contributed by atoms with Gasteiger partial charge < -0.3 is 15.3 Å². The van der Waals surface area contributed by atoms with Crippen molar-refractivity contribution in [2.75, 3.05) is 6.54 Å². The van der Waals surface area contributed by atoms with E-state index in [1.54, 1.807) is 18.0 Å². The molecule has 2 rings (SSSR count). The van der Waals surface area contributed by atoms with Crippen molar-refractivity contribution in [1.82, 2.24) is 15.2 Å². The lowest BCUT2D eigenvalue weighted by molar-refractivity contribution is 0.118. The Morgan fingerprint density at radius 3 is 2.52 bits per heavy atom. The number of carbonyl (C=O) groups excluding carboxylic acids is 1. The van der Waals surface area contributed by atoms with E-state index in [1.165, 1.54) is 0 Å². The van der Waals surface area contributed by atoms with E-state index in [9.17, 15) is 9.90 Å². The van der Waals surface area contributed by atoms with Crippen molar-refractivity contribution in [3.8, 4) is 0 Å². The Morgan fingerprint density at radius 2 is 1.96 bits per heavy atom. The fourth-order valence-electron chi connectivity index (χ4n) is 2.74. The smallest absolute Gasteiger partial charge is 0.318 e. The summed E-state index contributed by atoms with van der Waals surface area (Å²) in [5.74, 6) is 0. The van der Waals surface area contributed by atoms with Crippen molar-refractivity contribution in [3.63, 3.8) is 0 Å². The molecule has 134 valence electrons. The van der Waals surface area contributed by atoms with E-state index in [1.807, 2.05) is 63.2 Å². The molecule has 0 radical (unpaired) electrons. The van der Waals surface area contributed by atoms with E-state index >= 15 is 0 Å². The average molecular weight is 341 g/mol. The van der Waals surface area contributed by atoms with Crippen molar-refractivity contribution >= 4 is 6.03 Å². The van der Waals surface area contributed by atoms with Crippen molar-refractivity contribution in [2.24, 2.45) is 0 Å². The largest absolute Gasteiger partial charge is 0.392 e. The molecule has 0 aliphatic rings. The fraction of sp³-hybridized carbons (Fsp3) is 0.400. The van der Waals surface area contributed by atoms with Crippen LogP contribution in [-0.4, -0.2) is 39.7 Å². The molecule has 0 aliphatic carbocycles. The third kappa shape index (κ3) is 5.29. The van der Waals surface area contributed by atoms with Crippen molar-refractivity contribution in [3.05, 3.63) is 65.5 Å². The number of nitrogens with one attached hydrogen (secondary N) is 1. The van der Waals surface area contributed by atoms with Gasteiger partial charge in [0.2, 0.25) is 0 Å². The van der Waals surface area contributed by atoms with Crippen LogP contribution in [0, 0.1) is 6.92 Å². The predicted molar refractivity (Wildman–Crippen MR) is 99.3 cm³/mol. The Morgan fingerprint density at radius 1 is 1.20 bits per heavy atom. The number of rotatable bonds is 6. The molecule has 1 heterocycles. The number of carbonyl (C=O) groups is 1. The number of urea groups is 1. The standard InChI is InChI=1S/C20H27N3O2/c1-14(2)23(13-16(4)24)20(25)22-19(18-10-5-6-11-21-18)17-9-7-8-15(3)12-17/h5-12,14,16,19,24H,13H2,1-4H3,(H,22,25). The highest BCUT2D eigenvalue weighted by Gasteiger charge is 2.24. The van der Waals surface area contributed by atoms with Crippen LogP contribution >= 0.6 is 0 Å². The van der Waals surface area contributed by atoms with Crippen LogP contribution < -0.4 is 5.32 Å². The van der Waals surface area contributed by atoms with Crippen LogP contribution in [-0.2, 0) is 0 Å². The summed E-state index contributed by atoms with van der Waals surface area (Å²) in [4.78, 5) is 18.9. The molecule has 5 heteroatoms. The molecule has 0 aliphatic heterocycles. The third-order valence-corrected chi connectivity index (χ3v) is 3.97. The number of aliphatic hydroxyl groups is 1. The highest BCUT2D eigenvalue weighted by molar-refractivity contribution is 5.75. The number of hydrogen-bond acceptors (Lipinski definition) is 3. The molecule has 2 unspecified atom stereocenters. The topological polar surface area (TPSA) is 65.5 Å². The summed E-state index contributed by atoms with van der Waals surface area (Å²) < 4.78 is 0. The normalized spacial score (nSPS) is 13.4. The third-order valence-electron chi connectivity index (χ3n) is 3.97. The first-order valence-electron chi connectivity index (χ1n) is 8.61. The second kappa shape index (κ2) is 8.62. The van der Waals surface area contributed by atoms with Gasteiger partial charge in [-0.2, -0.15) is 0 Å². The maximum Gasteiger partial charge on any atom is 0.318 e. The molecule has 0 fully saturated rings. The Bertz CT molecular complexity index is 686. The Balaban J connectivity index is 2.31. The fourth-order valence-corrected chi connectivity index (χ4v) is 2.74. The zero-order valence-corrected chi connectivity index (χ0v) is 15.3. The summed E-state index contributed by atoms with van der Waals surface area (Å²) >= 11 is 0. The molecule has 2 N–H and O–H groups in total. The number of amides is 2. The van der Waals surface area contributed by atoms with E-state index in [0.29, 0.717) is 0 Å². The molecule has 5 nitrogen and oxygen atoms in total. The lowest BCUT2D eigenvalue weighted by Gasteiger charge is -2.30. The summed E-state index contributed by atoms with van der Waals surface area (Å²) in [6, 6.07) is 13.1. The van der Waals surface area contributed by atoms with Gasteiger partial charge in [-0.1, -0.05) is 35.9 Å². The first kappa shape index (κ1) is 18.9. The van der Waals surface area contributed by atoms with Crippen LogP contribution in [0.15, 0.2) is 48.7 Å². The second-order valence-corrected chi connectivity index (χ2v) is 6.65. The van der Waals surface area contributed by atoms with Crippen LogP contribution in [0.4, 0.5) is 4.79 Å². The van der Waals surface area contributed by atoms with Crippen LogP contribution in [0.3, 0.4) is 0 Å². The summed E-state index contributed by atoms with van der Waals surface area (Å²) in [7, 11) is 0. The predicted octanol–water partition coefficient (Wildman–Crippen LogP) is 3.28. The van der Waals surface area contributed by atoms with E-state index in [0.717, 1.165) is 16.8 Å². The lowest BCUT2D eigenvalue weighted by atomic mass is 10.0. The van der Waals surface area contributed by atoms with Gasteiger partial charge in [0.25, 0.3) is 0 Å². The van der Waals surface area contributed by atoms with Gasteiger partial charge in [0.1, 0.15) is 0 Å². The van der Waals surface area contributed by atoms with Crippen molar-refractivity contribution < 1.29 is 9.90 Å². The molecular formula is C20H27N3O2. The Labute approximate surface area is 149 Å². The number of benzene rings is 1. The van der Waals surface area contributed by atoms with Crippen molar-refractivity contribution in [2.45, 2.75) is 45.9 Å². The van der Waals surface area contributed by atoms with E-state index < -0.39 is 6.10 Å². The minimum absolute atomic E-state index is 0.0171. The van der Waals surface area contributed by atoms with Crippen LogP contribution in [0.1, 0.15) is 43.6 Å². The van der Waals surface area contributed by atoms with Gasteiger partial charge in [0.15, 0.2) is 0 Å².